The number of likely N-dealkylation sites (N-methyl/N-ethyl adjacent to an activating group) is 1. The number of thiazole rings is 1. The molecule has 0 bridgehead atoms. The first-order chi connectivity index (χ1) is 12.6. The molecule has 0 aliphatic rings. The van der Waals surface area contributed by atoms with Crippen LogP contribution in [0.1, 0.15) is 23.5 Å². The highest BCUT2D eigenvalue weighted by Crippen LogP contribution is 2.34. The Morgan fingerprint density at radius 3 is 2.54 bits per heavy atom. The fourth-order valence-corrected chi connectivity index (χ4v) is 4.43. The number of nitrogens with one attached hydrogen (secondary N) is 1. The van der Waals surface area contributed by atoms with Crippen LogP contribution in [-0.2, 0) is 9.53 Å². The van der Waals surface area contributed by atoms with Gasteiger partial charge in [0.1, 0.15) is 9.71 Å². The molecule has 1 aromatic carbocycles. The molecule has 1 N–H and O–H groups in total. The lowest BCUT2D eigenvalue weighted by molar-refractivity contribution is -0.134. The number of benzene rings is 1. The second-order valence-electron chi connectivity index (χ2n) is 5.43. The lowest BCUT2D eigenvalue weighted by atomic mass is 10.3. The van der Waals surface area contributed by atoms with Crippen molar-refractivity contribution in [2.45, 2.75) is 13.8 Å². The number of para-hydroxylation sites is 1. The van der Waals surface area contributed by atoms with Crippen molar-refractivity contribution in [2.75, 3.05) is 25.0 Å². The number of fused-ring (bicyclic) bond motifs is 1. The van der Waals surface area contributed by atoms with E-state index < -0.39 is 5.97 Å². The average Bonchev–Trinajstić information content (AvgIpc) is 3.20. The largest absolute Gasteiger partial charge is 0.451 e. The molecular weight excluding hydrogens is 370 g/mol. The number of aromatic nitrogens is 1. The maximum Gasteiger partial charge on any atom is 0.348 e. The van der Waals surface area contributed by atoms with Crippen LogP contribution >= 0.6 is 22.7 Å². The van der Waals surface area contributed by atoms with E-state index in [1.54, 1.807) is 11.0 Å². The molecule has 0 fully saturated rings. The Bertz CT molecular complexity index is 869. The third-order valence-corrected chi connectivity index (χ3v) is 5.81. The first kappa shape index (κ1) is 18.3. The molecule has 136 valence electrons. The van der Waals surface area contributed by atoms with Gasteiger partial charge in [-0.3, -0.25) is 4.79 Å². The van der Waals surface area contributed by atoms with Gasteiger partial charge in [-0.25, -0.2) is 9.78 Å². The first-order valence-corrected chi connectivity index (χ1v) is 9.91. The number of hydrogen-bond acceptors (Lipinski definition) is 7. The molecule has 0 atom stereocenters. The number of esters is 1. The summed E-state index contributed by atoms with van der Waals surface area (Å²) in [4.78, 5) is 31.4. The quantitative estimate of drug-likeness (QED) is 0.615. The summed E-state index contributed by atoms with van der Waals surface area (Å²) < 4.78 is 6.05. The van der Waals surface area contributed by atoms with Crippen LogP contribution in [0.4, 0.5) is 10.8 Å². The Morgan fingerprint density at radius 2 is 1.88 bits per heavy atom. The summed E-state index contributed by atoms with van der Waals surface area (Å²) in [5.74, 6) is -0.674. The van der Waals surface area contributed by atoms with Crippen molar-refractivity contribution in [1.82, 2.24) is 9.88 Å². The third kappa shape index (κ3) is 4.20. The van der Waals surface area contributed by atoms with E-state index in [0.29, 0.717) is 18.0 Å². The highest BCUT2D eigenvalue weighted by molar-refractivity contribution is 7.29. The van der Waals surface area contributed by atoms with Crippen molar-refractivity contribution in [3.05, 3.63) is 41.3 Å². The van der Waals surface area contributed by atoms with Crippen molar-refractivity contribution in [3.8, 4) is 0 Å². The molecule has 26 heavy (non-hydrogen) atoms. The van der Waals surface area contributed by atoms with E-state index >= 15 is 0 Å². The maximum atomic E-state index is 12.2. The van der Waals surface area contributed by atoms with Gasteiger partial charge in [-0.15, -0.1) is 11.3 Å². The van der Waals surface area contributed by atoms with Crippen LogP contribution in [0, 0.1) is 0 Å². The van der Waals surface area contributed by atoms with E-state index in [1.165, 1.54) is 22.7 Å². The molecule has 0 aliphatic heterocycles. The van der Waals surface area contributed by atoms with Crippen LogP contribution < -0.4 is 5.32 Å². The predicted molar refractivity (Wildman–Crippen MR) is 105 cm³/mol. The molecule has 1 amide bonds. The van der Waals surface area contributed by atoms with Gasteiger partial charge >= 0.3 is 5.97 Å². The van der Waals surface area contributed by atoms with Gasteiger partial charge in [0, 0.05) is 18.8 Å². The van der Waals surface area contributed by atoms with Gasteiger partial charge in [-0.2, -0.15) is 0 Å². The number of amides is 1. The summed E-state index contributed by atoms with van der Waals surface area (Å²) in [5.41, 5.74) is 0.962. The summed E-state index contributed by atoms with van der Waals surface area (Å²) in [6.07, 6.45) is 0. The number of anilines is 2. The minimum absolute atomic E-state index is 0.186. The number of nitrogens with zero attached hydrogens (tertiary/aromatic N) is 2. The Morgan fingerprint density at radius 1 is 1.15 bits per heavy atom. The molecule has 3 aromatic rings. The SMILES string of the molecule is CCN(CC)C(=O)COC(=O)c1cc2sc(Nc3ccccc3)nc2s1. The minimum atomic E-state index is -0.488. The van der Waals surface area contributed by atoms with E-state index in [1.807, 2.05) is 44.2 Å². The molecule has 0 unspecified atom stereocenters. The lowest BCUT2D eigenvalue weighted by Gasteiger charge is -2.17. The van der Waals surface area contributed by atoms with Gasteiger partial charge in [0.25, 0.3) is 5.91 Å². The molecule has 0 radical (unpaired) electrons. The smallest absolute Gasteiger partial charge is 0.348 e. The zero-order valence-electron chi connectivity index (χ0n) is 14.5. The summed E-state index contributed by atoms with van der Waals surface area (Å²) in [6, 6.07) is 11.5. The highest BCUT2D eigenvalue weighted by Gasteiger charge is 2.18. The van der Waals surface area contributed by atoms with E-state index in [-0.39, 0.29) is 12.5 Å². The van der Waals surface area contributed by atoms with Gasteiger partial charge in [0.05, 0.1) is 4.70 Å². The molecule has 0 aliphatic carbocycles. The van der Waals surface area contributed by atoms with Gasteiger partial charge in [0.2, 0.25) is 0 Å². The van der Waals surface area contributed by atoms with Crippen LogP contribution in [0.15, 0.2) is 36.4 Å². The molecule has 0 spiro atoms. The standard InChI is InChI=1S/C18H19N3O3S2/c1-3-21(4-2)15(22)11-24-17(23)14-10-13-16(25-14)20-18(26-13)19-12-8-6-5-7-9-12/h5-10H,3-4,11H2,1-2H3,(H,19,20). The van der Waals surface area contributed by atoms with Crippen LogP contribution in [0.3, 0.4) is 0 Å². The molecule has 2 heterocycles. The van der Waals surface area contributed by atoms with Crippen molar-refractivity contribution in [3.63, 3.8) is 0 Å². The minimum Gasteiger partial charge on any atom is -0.451 e. The molecule has 0 saturated carbocycles. The molecule has 0 saturated heterocycles. The monoisotopic (exact) mass is 389 g/mol. The summed E-state index contributed by atoms with van der Waals surface area (Å²) in [7, 11) is 0. The third-order valence-electron chi connectivity index (χ3n) is 3.76. The van der Waals surface area contributed by atoms with Gasteiger partial charge < -0.3 is 15.0 Å². The van der Waals surface area contributed by atoms with E-state index in [4.69, 9.17) is 4.74 Å². The topological polar surface area (TPSA) is 71.5 Å². The Labute approximate surface area is 159 Å². The summed E-state index contributed by atoms with van der Waals surface area (Å²) in [6.45, 7) is 4.75. The number of rotatable bonds is 7. The highest BCUT2D eigenvalue weighted by atomic mass is 32.1. The summed E-state index contributed by atoms with van der Waals surface area (Å²) >= 11 is 2.74. The zero-order valence-corrected chi connectivity index (χ0v) is 16.2. The van der Waals surface area contributed by atoms with Crippen LogP contribution in [0.25, 0.3) is 9.53 Å². The molecule has 8 heteroatoms. The second-order valence-corrected chi connectivity index (χ2v) is 7.49. The number of ether oxygens (including phenoxy) is 1. The van der Waals surface area contributed by atoms with Gasteiger partial charge in [-0.05, 0) is 32.0 Å². The van der Waals surface area contributed by atoms with Crippen molar-refractivity contribution >= 4 is 54.9 Å². The van der Waals surface area contributed by atoms with Gasteiger partial charge in [-0.1, -0.05) is 29.5 Å². The lowest BCUT2D eigenvalue weighted by Crippen LogP contribution is -2.34. The molecular formula is C18H19N3O3S2. The number of thiophene rings is 1. The number of carbonyl (C=O) groups is 2. The van der Waals surface area contributed by atoms with Gasteiger partial charge in [0.15, 0.2) is 11.7 Å². The molecule has 2 aromatic heterocycles. The fraction of sp³-hybridized carbons (Fsp3) is 0.278. The molecule has 6 nitrogen and oxygen atoms in total. The number of carbonyl (C=O) groups excluding carboxylic acids is 2. The van der Waals surface area contributed by atoms with Crippen LogP contribution in [0.2, 0.25) is 0 Å². The Hall–Kier alpha value is -2.45. The van der Waals surface area contributed by atoms with E-state index in [9.17, 15) is 9.59 Å². The zero-order chi connectivity index (χ0) is 18.5. The van der Waals surface area contributed by atoms with E-state index in [0.717, 1.165) is 20.3 Å². The maximum absolute atomic E-state index is 12.2. The Kier molecular flexibility index (Phi) is 5.85. The van der Waals surface area contributed by atoms with Crippen LogP contribution in [-0.4, -0.2) is 41.5 Å². The predicted octanol–water partition coefficient (Wildman–Crippen LogP) is 4.13. The Balaban J connectivity index is 1.63. The average molecular weight is 390 g/mol. The first-order valence-electron chi connectivity index (χ1n) is 8.28. The normalized spacial score (nSPS) is 10.7. The fourth-order valence-electron chi connectivity index (χ4n) is 2.40. The second kappa shape index (κ2) is 8.29. The van der Waals surface area contributed by atoms with Crippen molar-refractivity contribution in [1.29, 1.82) is 0 Å². The van der Waals surface area contributed by atoms with Crippen molar-refractivity contribution < 1.29 is 14.3 Å². The number of hydrogen-bond donors (Lipinski definition) is 1. The molecule has 3 rings (SSSR count). The van der Waals surface area contributed by atoms with Crippen molar-refractivity contribution in [2.24, 2.45) is 0 Å². The van der Waals surface area contributed by atoms with Crippen LogP contribution in [0.5, 0.6) is 0 Å². The van der Waals surface area contributed by atoms with E-state index in [2.05, 4.69) is 10.3 Å². The summed E-state index contributed by atoms with van der Waals surface area (Å²) in [5, 5.41) is 4.01.